The molecule has 0 aromatic heterocycles. The number of ether oxygens (including phenoxy) is 1. The van der Waals surface area contributed by atoms with E-state index in [1.807, 2.05) is 6.07 Å². The average Bonchev–Trinajstić information content (AvgIpc) is 2.85. The van der Waals surface area contributed by atoms with Crippen LogP contribution in [0.1, 0.15) is 35.4 Å². The van der Waals surface area contributed by atoms with E-state index in [4.69, 9.17) is 4.74 Å². The Morgan fingerprint density at radius 3 is 2.03 bits per heavy atom. The first kappa shape index (κ1) is 20.3. The maximum atomic E-state index is 5.61. The molecule has 3 saturated heterocycles. The number of nitrogens with one attached hydrogen (secondary N) is 1. The van der Waals surface area contributed by atoms with E-state index in [1.54, 1.807) is 7.11 Å². The zero-order chi connectivity index (χ0) is 21.0. The molecule has 3 heterocycles. The highest BCUT2D eigenvalue weighted by atomic mass is 16.4. The quantitative estimate of drug-likeness (QED) is 0.587. The number of hydrogen-bond donors (Lipinski definition) is 1. The molecule has 0 saturated carbocycles. The minimum Gasteiger partial charge on any atom is -0.496 e. The molecule has 3 fully saturated rings. The molecular weight excluding hydrogens is 379 g/mol. The van der Waals surface area contributed by atoms with Gasteiger partial charge in [-0.05, 0) is 49.0 Å². The second-order valence-electron chi connectivity index (χ2n) is 8.88. The van der Waals surface area contributed by atoms with E-state index < -0.39 is 0 Å². The van der Waals surface area contributed by atoms with E-state index in [-0.39, 0.29) is 0 Å². The van der Waals surface area contributed by atoms with Crippen molar-refractivity contribution in [2.45, 2.75) is 37.4 Å². The minimum absolute atomic E-state index is 0.362. The van der Waals surface area contributed by atoms with Gasteiger partial charge in [0.25, 0.3) is 0 Å². The molecule has 3 aliphatic heterocycles. The highest BCUT2D eigenvalue weighted by Gasteiger charge is 2.46. The number of piperidine rings is 3. The van der Waals surface area contributed by atoms with Crippen molar-refractivity contribution >= 4 is 0 Å². The van der Waals surface area contributed by atoms with Crippen LogP contribution >= 0.6 is 0 Å². The lowest BCUT2D eigenvalue weighted by Gasteiger charge is -2.54. The monoisotopic (exact) mass is 411 g/mol. The van der Waals surface area contributed by atoms with Gasteiger partial charge in [0.05, 0.1) is 7.11 Å². The zero-order valence-electron chi connectivity index (χ0n) is 18.3. The Bertz CT molecular complexity index is 927. The molecule has 2 atom stereocenters. The van der Waals surface area contributed by atoms with Crippen molar-refractivity contribution < 1.29 is 4.74 Å². The van der Waals surface area contributed by atoms with Crippen molar-refractivity contribution in [3.05, 3.63) is 102 Å². The van der Waals surface area contributed by atoms with Gasteiger partial charge in [-0.2, -0.15) is 0 Å². The largest absolute Gasteiger partial charge is 0.496 e. The van der Waals surface area contributed by atoms with Crippen LogP contribution in [0.2, 0.25) is 0 Å². The molecule has 31 heavy (non-hydrogen) atoms. The molecule has 0 unspecified atom stereocenters. The summed E-state index contributed by atoms with van der Waals surface area (Å²) in [6.07, 6.45) is 2.58. The lowest BCUT2D eigenvalue weighted by Crippen LogP contribution is -2.64. The van der Waals surface area contributed by atoms with Crippen molar-refractivity contribution in [3.63, 3.8) is 0 Å². The second kappa shape index (κ2) is 9.25. The van der Waals surface area contributed by atoms with Gasteiger partial charge in [-0.25, -0.2) is 0 Å². The van der Waals surface area contributed by atoms with E-state index >= 15 is 0 Å². The van der Waals surface area contributed by atoms with Crippen LogP contribution in [0.5, 0.6) is 5.75 Å². The third-order valence-electron chi connectivity index (χ3n) is 7.25. The van der Waals surface area contributed by atoms with Gasteiger partial charge in [0.2, 0.25) is 0 Å². The summed E-state index contributed by atoms with van der Waals surface area (Å²) in [7, 11) is 1.76. The molecule has 2 bridgehead atoms. The zero-order valence-corrected chi connectivity index (χ0v) is 18.3. The van der Waals surface area contributed by atoms with Crippen LogP contribution in [0.4, 0.5) is 0 Å². The molecule has 3 aliphatic rings. The Hall–Kier alpha value is -2.62. The van der Waals surface area contributed by atoms with Crippen LogP contribution in [0.15, 0.2) is 84.9 Å². The van der Waals surface area contributed by atoms with E-state index in [0.29, 0.717) is 18.0 Å². The minimum atomic E-state index is 0.362. The predicted octanol–water partition coefficient (Wildman–Crippen LogP) is 5.08. The Morgan fingerprint density at radius 2 is 1.42 bits per heavy atom. The molecule has 0 spiro atoms. The molecule has 3 aromatic carbocycles. The predicted molar refractivity (Wildman–Crippen MR) is 126 cm³/mol. The van der Waals surface area contributed by atoms with Gasteiger partial charge in [0, 0.05) is 30.1 Å². The number of hydrogen-bond acceptors (Lipinski definition) is 3. The molecule has 3 heteroatoms. The van der Waals surface area contributed by atoms with Gasteiger partial charge < -0.3 is 10.1 Å². The van der Waals surface area contributed by atoms with Crippen LogP contribution in [-0.4, -0.2) is 37.2 Å². The molecule has 160 valence electrons. The average molecular weight is 412 g/mol. The maximum Gasteiger partial charge on any atom is 0.123 e. The van der Waals surface area contributed by atoms with Crippen LogP contribution in [0.3, 0.4) is 0 Å². The van der Waals surface area contributed by atoms with Crippen molar-refractivity contribution in [1.82, 2.24) is 10.2 Å². The third kappa shape index (κ3) is 4.13. The molecular formula is C28H32N2O. The second-order valence-corrected chi connectivity index (χ2v) is 8.88. The first-order chi connectivity index (χ1) is 15.3. The fourth-order valence-electron chi connectivity index (χ4n) is 5.77. The van der Waals surface area contributed by atoms with Crippen LogP contribution in [0, 0.1) is 5.92 Å². The van der Waals surface area contributed by atoms with E-state index in [1.165, 1.54) is 42.6 Å². The topological polar surface area (TPSA) is 24.5 Å². The Labute approximate surface area is 186 Å². The molecule has 0 radical (unpaired) electrons. The fraction of sp³-hybridized carbons (Fsp3) is 0.357. The summed E-state index contributed by atoms with van der Waals surface area (Å²) in [5.41, 5.74) is 4.06. The molecule has 6 rings (SSSR count). The van der Waals surface area contributed by atoms with E-state index in [9.17, 15) is 0 Å². The van der Waals surface area contributed by atoms with Gasteiger partial charge in [-0.15, -0.1) is 0 Å². The summed E-state index contributed by atoms with van der Waals surface area (Å²) < 4.78 is 5.61. The number of para-hydroxylation sites is 1. The van der Waals surface area contributed by atoms with Crippen molar-refractivity contribution in [2.24, 2.45) is 5.92 Å². The summed E-state index contributed by atoms with van der Waals surface area (Å²) in [5, 5.41) is 3.99. The molecule has 3 nitrogen and oxygen atoms in total. The van der Waals surface area contributed by atoms with Crippen molar-refractivity contribution in [1.29, 1.82) is 0 Å². The smallest absolute Gasteiger partial charge is 0.123 e. The lowest BCUT2D eigenvalue weighted by atomic mass is 9.70. The standard InChI is InChI=1S/C28H32N2O/c1-31-25-15-9-8-14-24(25)20-29-27-23-16-18-30(19-17-23)28(27)26(21-10-4-2-5-11-21)22-12-6-3-7-13-22/h2-15,23,26-29H,16-20H2,1H3/t27-,28-/m0/s1/i1-1. The highest BCUT2D eigenvalue weighted by Crippen LogP contribution is 2.42. The number of methoxy groups -OCH3 is 1. The number of nitrogens with zero attached hydrogens (tertiary/aromatic N) is 1. The van der Waals surface area contributed by atoms with Crippen LogP contribution in [0.25, 0.3) is 0 Å². The normalized spacial score (nSPS) is 25.0. The Balaban J connectivity index is 1.49. The first-order valence-electron chi connectivity index (χ1n) is 11.5. The molecule has 1 N–H and O–H groups in total. The van der Waals surface area contributed by atoms with E-state index in [2.05, 4.69) is 89.1 Å². The summed E-state index contributed by atoms with van der Waals surface area (Å²) in [6.45, 7) is 3.25. The van der Waals surface area contributed by atoms with Gasteiger partial charge >= 0.3 is 0 Å². The lowest BCUT2D eigenvalue weighted by molar-refractivity contribution is 0.00462. The summed E-state index contributed by atoms with van der Waals surface area (Å²) in [4.78, 5) is 2.74. The SMILES string of the molecule is [11CH3]Oc1ccccc1CN[C@H]1C2CCN(CC2)[C@H]1C(c1ccccc1)c1ccccc1. The number of fused-ring (bicyclic) bond motifs is 3. The summed E-state index contributed by atoms with van der Waals surface area (Å²) >= 11 is 0. The van der Waals surface area contributed by atoms with Gasteiger partial charge in [-0.1, -0.05) is 78.9 Å². The molecule has 0 aliphatic carbocycles. The van der Waals surface area contributed by atoms with Crippen LogP contribution < -0.4 is 10.1 Å². The molecule has 0 amide bonds. The Morgan fingerprint density at radius 1 is 0.839 bits per heavy atom. The summed E-state index contributed by atoms with van der Waals surface area (Å²) in [6, 6.07) is 31.5. The summed E-state index contributed by atoms with van der Waals surface area (Å²) in [5.74, 6) is 2.05. The van der Waals surface area contributed by atoms with Gasteiger partial charge in [-0.3, -0.25) is 4.90 Å². The Kier molecular flexibility index (Phi) is 6.06. The van der Waals surface area contributed by atoms with Gasteiger partial charge in [0.1, 0.15) is 5.75 Å². The number of benzene rings is 3. The highest BCUT2D eigenvalue weighted by molar-refractivity contribution is 5.37. The third-order valence-corrected chi connectivity index (χ3v) is 7.25. The maximum absolute atomic E-state index is 5.61. The van der Waals surface area contributed by atoms with Gasteiger partial charge in [0.15, 0.2) is 0 Å². The molecule has 3 aromatic rings. The van der Waals surface area contributed by atoms with Crippen molar-refractivity contribution in [3.8, 4) is 5.75 Å². The number of rotatable bonds is 7. The van der Waals surface area contributed by atoms with Crippen LogP contribution in [-0.2, 0) is 6.54 Å². The van der Waals surface area contributed by atoms with Crippen molar-refractivity contribution in [2.75, 3.05) is 20.2 Å². The van der Waals surface area contributed by atoms with E-state index in [0.717, 1.165) is 18.2 Å². The fourth-order valence-corrected chi connectivity index (χ4v) is 5.77. The first-order valence-corrected chi connectivity index (χ1v) is 11.5.